The van der Waals surface area contributed by atoms with Gasteiger partial charge in [-0.15, -0.1) is 0 Å². The second kappa shape index (κ2) is 3.16. The summed E-state index contributed by atoms with van der Waals surface area (Å²) in [5, 5.41) is 13.4. The lowest BCUT2D eigenvalue weighted by molar-refractivity contribution is 0.0688. The molecule has 0 aromatic carbocycles. The zero-order valence-electron chi connectivity index (χ0n) is 9.45. The smallest absolute Gasteiger partial charge is 0.356 e. The molecule has 6 nitrogen and oxygen atoms in total. The highest BCUT2D eigenvalue weighted by Crippen LogP contribution is 2.57. The lowest BCUT2D eigenvalue weighted by Gasteiger charge is -2.03. The Kier molecular flexibility index (Phi) is 1.71. The first-order chi connectivity index (χ1) is 8.75. The molecule has 6 heteroatoms. The van der Waals surface area contributed by atoms with Crippen molar-refractivity contribution < 1.29 is 9.90 Å². The molecular formula is C12H10N4O2. The van der Waals surface area contributed by atoms with Crippen LogP contribution in [0.25, 0.3) is 5.82 Å². The Morgan fingerprint density at radius 3 is 3.11 bits per heavy atom. The number of carboxylic acids is 1. The maximum Gasteiger partial charge on any atom is 0.356 e. The number of fused-ring (bicyclic) bond motifs is 3. The normalized spacial score (nSPS) is 23.6. The summed E-state index contributed by atoms with van der Waals surface area (Å²) in [4.78, 5) is 19.2. The molecule has 0 radical (unpaired) electrons. The molecule has 0 unspecified atom stereocenters. The van der Waals surface area contributed by atoms with Gasteiger partial charge in [-0.25, -0.2) is 19.4 Å². The van der Waals surface area contributed by atoms with Crippen LogP contribution in [-0.2, 0) is 6.42 Å². The molecule has 90 valence electrons. The molecule has 2 aliphatic rings. The number of rotatable bonds is 2. The van der Waals surface area contributed by atoms with Crippen molar-refractivity contribution in [2.24, 2.45) is 5.92 Å². The van der Waals surface area contributed by atoms with Gasteiger partial charge < -0.3 is 5.11 Å². The average Bonchev–Trinajstić information content (AvgIpc) is 2.88. The summed E-state index contributed by atoms with van der Waals surface area (Å²) in [6, 6.07) is 1.74. The Hall–Kier alpha value is -2.24. The van der Waals surface area contributed by atoms with Crippen LogP contribution in [0.5, 0.6) is 0 Å². The van der Waals surface area contributed by atoms with E-state index >= 15 is 0 Å². The highest BCUT2D eigenvalue weighted by Gasteiger charge is 2.50. The van der Waals surface area contributed by atoms with Crippen LogP contribution in [0.3, 0.4) is 0 Å². The topological polar surface area (TPSA) is 80.9 Å². The molecule has 0 saturated heterocycles. The molecular weight excluding hydrogens is 232 g/mol. The first-order valence-corrected chi connectivity index (χ1v) is 5.87. The minimum atomic E-state index is -0.958. The third-order valence-electron chi connectivity index (χ3n) is 3.75. The van der Waals surface area contributed by atoms with E-state index in [1.165, 1.54) is 6.33 Å². The van der Waals surface area contributed by atoms with E-state index in [0.29, 0.717) is 17.7 Å². The molecule has 1 saturated carbocycles. The standard InChI is InChI=1S/C12H10N4O2/c17-12(18)10-8-4-6-3-7(6)11(8)16(15-10)9-1-2-13-5-14-9/h1-2,5-7H,3-4H2,(H,17,18)/t6-,7-/m1/s1. The van der Waals surface area contributed by atoms with Gasteiger partial charge in [-0.2, -0.15) is 5.10 Å². The molecule has 0 bridgehead atoms. The van der Waals surface area contributed by atoms with Crippen LogP contribution in [0.2, 0.25) is 0 Å². The van der Waals surface area contributed by atoms with Crippen LogP contribution in [0.1, 0.15) is 34.1 Å². The van der Waals surface area contributed by atoms with E-state index < -0.39 is 5.97 Å². The molecule has 1 N–H and O–H groups in total. The van der Waals surface area contributed by atoms with E-state index in [9.17, 15) is 9.90 Å². The first-order valence-electron chi connectivity index (χ1n) is 5.87. The van der Waals surface area contributed by atoms with Gasteiger partial charge in [0.05, 0.1) is 5.69 Å². The Morgan fingerprint density at radius 2 is 2.39 bits per heavy atom. The van der Waals surface area contributed by atoms with E-state index in [-0.39, 0.29) is 5.69 Å². The Morgan fingerprint density at radius 1 is 1.50 bits per heavy atom. The van der Waals surface area contributed by atoms with E-state index in [1.54, 1.807) is 16.9 Å². The highest BCUT2D eigenvalue weighted by atomic mass is 16.4. The number of aromatic carboxylic acids is 1. The van der Waals surface area contributed by atoms with Gasteiger partial charge in [-0.05, 0) is 18.8 Å². The first kappa shape index (κ1) is 9.76. The van der Waals surface area contributed by atoms with Gasteiger partial charge in [0.25, 0.3) is 0 Å². The summed E-state index contributed by atoms with van der Waals surface area (Å²) in [5.74, 6) is 0.765. The molecule has 2 aromatic rings. The van der Waals surface area contributed by atoms with E-state index in [4.69, 9.17) is 0 Å². The molecule has 2 heterocycles. The van der Waals surface area contributed by atoms with Crippen molar-refractivity contribution in [1.29, 1.82) is 0 Å². The lowest BCUT2D eigenvalue weighted by atomic mass is 10.1. The monoisotopic (exact) mass is 242 g/mol. The Balaban J connectivity index is 1.94. The molecule has 1 fully saturated rings. The van der Waals surface area contributed by atoms with Crippen LogP contribution < -0.4 is 0 Å². The van der Waals surface area contributed by atoms with Crippen molar-refractivity contribution in [3.05, 3.63) is 35.5 Å². The number of nitrogens with zero attached hydrogens (tertiary/aromatic N) is 4. The zero-order chi connectivity index (χ0) is 12.3. The van der Waals surface area contributed by atoms with Gasteiger partial charge in [0.15, 0.2) is 11.5 Å². The number of hydrogen-bond donors (Lipinski definition) is 1. The third-order valence-corrected chi connectivity index (χ3v) is 3.75. The van der Waals surface area contributed by atoms with Crippen molar-refractivity contribution in [3.8, 4) is 5.82 Å². The van der Waals surface area contributed by atoms with Gasteiger partial charge >= 0.3 is 5.97 Å². The number of carbonyl (C=O) groups is 1. The average molecular weight is 242 g/mol. The van der Waals surface area contributed by atoms with Crippen molar-refractivity contribution in [2.75, 3.05) is 0 Å². The second-order valence-corrected chi connectivity index (χ2v) is 4.80. The fourth-order valence-electron chi connectivity index (χ4n) is 2.87. The summed E-state index contributed by atoms with van der Waals surface area (Å²) in [5.41, 5.74) is 2.11. The SMILES string of the molecule is O=C(O)c1nn(-c2ccncn2)c2c1C[C@H]1C[C@@H]21. The van der Waals surface area contributed by atoms with Gasteiger partial charge in [0.2, 0.25) is 0 Å². The summed E-state index contributed by atoms with van der Waals surface area (Å²) in [6.07, 6.45) is 5.06. The summed E-state index contributed by atoms with van der Waals surface area (Å²) < 4.78 is 1.68. The molecule has 2 atom stereocenters. The summed E-state index contributed by atoms with van der Waals surface area (Å²) in [6.45, 7) is 0. The molecule has 18 heavy (non-hydrogen) atoms. The van der Waals surface area contributed by atoms with Crippen LogP contribution in [-0.4, -0.2) is 30.8 Å². The fraction of sp³-hybridized carbons (Fsp3) is 0.333. The maximum absolute atomic E-state index is 11.2. The number of carboxylic acid groups (broad SMARTS) is 1. The largest absolute Gasteiger partial charge is 0.476 e. The van der Waals surface area contributed by atoms with Gasteiger partial charge in [-0.3, -0.25) is 0 Å². The zero-order valence-corrected chi connectivity index (χ0v) is 9.45. The summed E-state index contributed by atoms with van der Waals surface area (Å²) in [7, 11) is 0. The second-order valence-electron chi connectivity index (χ2n) is 4.80. The van der Waals surface area contributed by atoms with E-state index in [1.807, 2.05) is 0 Å². The van der Waals surface area contributed by atoms with Crippen molar-refractivity contribution in [1.82, 2.24) is 19.7 Å². The van der Waals surface area contributed by atoms with Crippen molar-refractivity contribution in [2.45, 2.75) is 18.8 Å². The van der Waals surface area contributed by atoms with Crippen molar-refractivity contribution >= 4 is 5.97 Å². The quantitative estimate of drug-likeness (QED) is 0.850. The molecule has 0 spiro atoms. The molecule has 4 rings (SSSR count). The van der Waals surface area contributed by atoms with Crippen LogP contribution in [0.15, 0.2) is 18.6 Å². The molecule has 2 aliphatic carbocycles. The van der Waals surface area contributed by atoms with Crippen LogP contribution >= 0.6 is 0 Å². The minimum absolute atomic E-state index is 0.177. The Labute approximate surface area is 102 Å². The summed E-state index contributed by atoms with van der Waals surface area (Å²) >= 11 is 0. The molecule has 0 aliphatic heterocycles. The predicted molar refractivity (Wildman–Crippen MR) is 60.7 cm³/mol. The van der Waals surface area contributed by atoms with E-state index in [2.05, 4.69) is 15.1 Å². The highest BCUT2D eigenvalue weighted by molar-refractivity contribution is 5.88. The molecule has 2 aromatic heterocycles. The van der Waals surface area contributed by atoms with Gasteiger partial charge in [0, 0.05) is 23.7 Å². The lowest BCUT2D eigenvalue weighted by Crippen LogP contribution is -2.05. The third kappa shape index (κ3) is 1.17. The van der Waals surface area contributed by atoms with E-state index in [0.717, 1.165) is 24.1 Å². The fourth-order valence-corrected chi connectivity index (χ4v) is 2.87. The number of hydrogen-bond acceptors (Lipinski definition) is 4. The predicted octanol–water partition coefficient (Wildman–Crippen LogP) is 1.02. The number of aromatic nitrogens is 4. The minimum Gasteiger partial charge on any atom is -0.476 e. The Bertz CT molecular complexity index is 650. The van der Waals surface area contributed by atoms with Crippen molar-refractivity contribution in [3.63, 3.8) is 0 Å². The van der Waals surface area contributed by atoms with Gasteiger partial charge in [0.1, 0.15) is 6.33 Å². The maximum atomic E-state index is 11.2. The van der Waals surface area contributed by atoms with Gasteiger partial charge in [-0.1, -0.05) is 0 Å². The van der Waals surface area contributed by atoms with Crippen LogP contribution in [0, 0.1) is 5.92 Å². The molecule has 0 amide bonds. The van der Waals surface area contributed by atoms with Crippen LogP contribution in [0.4, 0.5) is 0 Å².